The van der Waals surface area contributed by atoms with E-state index in [1.807, 2.05) is 0 Å². The van der Waals surface area contributed by atoms with Gasteiger partial charge in [0.25, 0.3) is 0 Å². The fourth-order valence-electron chi connectivity index (χ4n) is 4.86. The molecule has 0 bridgehead atoms. The normalized spacial score (nSPS) is 17.2. The first-order valence-corrected chi connectivity index (χ1v) is 11.0. The molecule has 0 aliphatic carbocycles. The predicted molar refractivity (Wildman–Crippen MR) is 112 cm³/mol. The second kappa shape index (κ2) is 12.5. The molecule has 1 saturated heterocycles. The largest absolute Gasteiger partial charge is 0.315 e. The quantitative estimate of drug-likeness (QED) is 0.416. The van der Waals surface area contributed by atoms with Gasteiger partial charge in [0.1, 0.15) is 6.04 Å². The van der Waals surface area contributed by atoms with Gasteiger partial charge < -0.3 is 4.48 Å². The van der Waals surface area contributed by atoms with Gasteiger partial charge in [-0.3, -0.25) is 4.79 Å². The van der Waals surface area contributed by atoms with E-state index >= 15 is 0 Å². The van der Waals surface area contributed by atoms with Crippen molar-refractivity contribution in [1.29, 1.82) is 0 Å². The molecule has 2 rings (SSSR count). The maximum absolute atomic E-state index is 13.6. The molecule has 3 heteroatoms. The SMILES string of the molecule is CCCCC(C(=O)Cc1c(C)cccc1C)[N+]1(CCCC)CCCCC1.[Y]. The number of Topliss-reactive ketones (excluding diaryl/α,β-unsaturated/α-hetero) is 1. The Bertz CT molecular complexity index is 557. The minimum Gasteiger partial charge on any atom is -0.315 e. The van der Waals surface area contributed by atoms with Gasteiger partial charge in [-0.15, -0.1) is 0 Å². The molecule has 149 valence electrons. The molecule has 1 aromatic carbocycles. The van der Waals surface area contributed by atoms with Crippen LogP contribution in [0.5, 0.6) is 0 Å². The molecular weight excluding hydrogens is 407 g/mol. The van der Waals surface area contributed by atoms with Gasteiger partial charge in [0.15, 0.2) is 5.78 Å². The van der Waals surface area contributed by atoms with Crippen LogP contribution in [0.3, 0.4) is 0 Å². The van der Waals surface area contributed by atoms with Crippen LogP contribution in [0.1, 0.15) is 81.9 Å². The summed E-state index contributed by atoms with van der Waals surface area (Å²) in [6.45, 7) is 12.5. The molecule has 1 aliphatic heterocycles. The van der Waals surface area contributed by atoms with Crippen LogP contribution in [0.2, 0.25) is 0 Å². The molecule has 1 radical (unpaired) electrons. The van der Waals surface area contributed by atoms with E-state index in [0.29, 0.717) is 12.2 Å². The van der Waals surface area contributed by atoms with Crippen LogP contribution in [-0.4, -0.2) is 35.9 Å². The van der Waals surface area contributed by atoms with Gasteiger partial charge in [-0.05, 0) is 62.6 Å². The van der Waals surface area contributed by atoms with E-state index in [1.165, 1.54) is 81.3 Å². The zero-order valence-electron chi connectivity index (χ0n) is 18.2. The molecule has 1 unspecified atom stereocenters. The number of aryl methyl sites for hydroxylation is 2. The van der Waals surface area contributed by atoms with Crippen molar-refractivity contribution in [3.8, 4) is 0 Å². The molecule has 0 N–H and O–H groups in total. The average molecular weight is 447 g/mol. The summed E-state index contributed by atoms with van der Waals surface area (Å²) in [6.07, 6.45) is 10.5. The summed E-state index contributed by atoms with van der Waals surface area (Å²) >= 11 is 0. The third-order valence-corrected chi connectivity index (χ3v) is 6.52. The molecule has 0 saturated carbocycles. The summed E-state index contributed by atoms with van der Waals surface area (Å²) in [5.74, 6) is 0.494. The third-order valence-electron chi connectivity index (χ3n) is 6.52. The van der Waals surface area contributed by atoms with Crippen molar-refractivity contribution in [2.24, 2.45) is 0 Å². The number of benzene rings is 1. The molecule has 0 spiro atoms. The Hall–Kier alpha value is -0.0461. The number of hydrogen-bond donors (Lipinski definition) is 0. The minimum absolute atomic E-state index is 0. The van der Waals surface area contributed by atoms with Crippen LogP contribution in [0.15, 0.2) is 18.2 Å². The maximum Gasteiger partial charge on any atom is 0.194 e. The number of likely N-dealkylation sites (tertiary alicyclic amines) is 1. The molecule has 1 heterocycles. The van der Waals surface area contributed by atoms with E-state index in [4.69, 9.17) is 0 Å². The number of carbonyl (C=O) groups is 1. The monoisotopic (exact) mass is 447 g/mol. The van der Waals surface area contributed by atoms with Crippen LogP contribution in [-0.2, 0) is 43.9 Å². The van der Waals surface area contributed by atoms with E-state index in [-0.39, 0.29) is 38.8 Å². The maximum atomic E-state index is 13.6. The summed E-state index contributed by atoms with van der Waals surface area (Å²) in [5.41, 5.74) is 3.81. The van der Waals surface area contributed by atoms with Gasteiger partial charge in [-0.1, -0.05) is 44.9 Å². The molecule has 1 atom stereocenters. The number of carbonyl (C=O) groups excluding carboxylic acids is 1. The van der Waals surface area contributed by atoms with Gasteiger partial charge >= 0.3 is 0 Å². The fourth-order valence-corrected chi connectivity index (χ4v) is 4.86. The van der Waals surface area contributed by atoms with Crippen molar-refractivity contribution in [2.45, 2.75) is 91.5 Å². The zero-order chi connectivity index (χ0) is 19.0. The van der Waals surface area contributed by atoms with E-state index in [9.17, 15) is 4.79 Å². The fraction of sp³-hybridized carbons (Fsp3) is 0.708. The standard InChI is InChI=1S/C24H40NO.Y/c1-5-7-15-23(25(16-8-6-2)17-10-9-11-18-25)24(26)19-22-20(3)13-12-14-21(22)4;/h12-14,23H,5-11,15-19H2,1-4H3;/q+1;. The third kappa shape index (κ3) is 6.75. The van der Waals surface area contributed by atoms with Crippen molar-refractivity contribution in [1.82, 2.24) is 0 Å². The molecule has 2 nitrogen and oxygen atoms in total. The van der Waals surface area contributed by atoms with Crippen molar-refractivity contribution >= 4 is 5.78 Å². The summed E-state index contributed by atoms with van der Waals surface area (Å²) in [5, 5.41) is 0. The molecule has 1 aliphatic rings. The smallest absolute Gasteiger partial charge is 0.194 e. The van der Waals surface area contributed by atoms with Crippen molar-refractivity contribution in [3.63, 3.8) is 0 Å². The summed E-state index contributed by atoms with van der Waals surface area (Å²) < 4.78 is 1.08. The Kier molecular flexibility index (Phi) is 11.6. The van der Waals surface area contributed by atoms with Gasteiger partial charge in [0.2, 0.25) is 0 Å². The molecule has 1 fully saturated rings. The van der Waals surface area contributed by atoms with Crippen LogP contribution >= 0.6 is 0 Å². The molecule has 0 aromatic heterocycles. The molecule has 1 aromatic rings. The van der Waals surface area contributed by atoms with Crippen molar-refractivity contribution < 1.29 is 42.0 Å². The van der Waals surface area contributed by atoms with E-state index in [2.05, 4.69) is 45.9 Å². The van der Waals surface area contributed by atoms with Crippen molar-refractivity contribution in [2.75, 3.05) is 19.6 Å². The van der Waals surface area contributed by atoms with E-state index < -0.39 is 0 Å². The van der Waals surface area contributed by atoms with Crippen molar-refractivity contribution in [3.05, 3.63) is 34.9 Å². The molecular formula is C24H40NOY+. The number of ketones is 1. The number of nitrogens with zero attached hydrogens (tertiary/aromatic N) is 1. The van der Waals surface area contributed by atoms with Gasteiger partial charge in [0, 0.05) is 45.6 Å². The Morgan fingerprint density at radius 2 is 1.59 bits per heavy atom. The van der Waals surface area contributed by atoms with Crippen LogP contribution in [0, 0.1) is 13.8 Å². The Morgan fingerprint density at radius 3 is 2.15 bits per heavy atom. The number of unbranched alkanes of at least 4 members (excludes halogenated alkanes) is 2. The number of quaternary nitrogens is 1. The van der Waals surface area contributed by atoms with Crippen LogP contribution in [0.25, 0.3) is 0 Å². The van der Waals surface area contributed by atoms with Gasteiger partial charge in [-0.2, -0.15) is 0 Å². The van der Waals surface area contributed by atoms with Gasteiger partial charge in [-0.25, -0.2) is 0 Å². The second-order valence-electron chi connectivity index (χ2n) is 8.48. The predicted octanol–water partition coefficient (Wildman–Crippen LogP) is 5.77. The van der Waals surface area contributed by atoms with Gasteiger partial charge in [0.05, 0.1) is 19.6 Å². The number of hydrogen-bond acceptors (Lipinski definition) is 1. The zero-order valence-corrected chi connectivity index (χ0v) is 21.1. The molecule has 27 heavy (non-hydrogen) atoms. The minimum atomic E-state index is 0. The Balaban J connectivity index is 0.00000364. The first-order chi connectivity index (χ1) is 12.5. The number of piperidine rings is 1. The topological polar surface area (TPSA) is 17.1 Å². The second-order valence-corrected chi connectivity index (χ2v) is 8.48. The summed E-state index contributed by atoms with van der Waals surface area (Å²) in [7, 11) is 0. The summed E-state index contributed by atoms with van der Waals surface area (Å²) in [6, 6.07) is 6.62. The van der Waals surface area contributed by atoms with Crippen LogP contribution < -0.4 is 0 Å². The summed E-state index contributed by atoms with van der Waals surface area (Å²) in [4.78, 5) is 13.6. The van der Waals surface area contributed by atoms with E-state index in [0.717, 1.165) is 10.9 Å². The van der Waals surface area contributed by atoms with E-state index in [1.54, 1.807) is 0 Å². The first kappa shape index (κ1) is 25.0. The van der Waals surface area contributed by atoms with Crippen LogP contribution in [0.4, 0.5) is 0 Å². The molecule has 0 amide bonds. The number of rotatable bonds is 10. The average Bonchev–Trinajstić information content (AvgIpc) is 2.64. The first-order valence-electron chi connectivity index (χ1n) is 11.0. The Labute approximate surface area is 193 Å². The Morgan fingerprint density at radius 1 is 1.00 bits per heavy atom.